The summed E-state index contributed by atoms with van der Waals surface area (Å²) in [7, 11) is 1.73. The smallest absolute Gasteiger partial charge is 0.223 e. The molecule has 0 aromatic heterocycles. The topological polar surface area (TPSA) is 44.1 Å². The normalized spacial score (nSPS) is 9.95. The number of rotatable bonds is 7. The van der Waals surface area contributed by atoms with Crippen molar-refractivity contribution in [2.45, 2.75) is 18.6 Å². The molecule has 0 unspecified atom stereocenters. The van der Waals surface area contributed by atoms with Gasteiger partial charge in [-0.25, -0.2) is 0 Å². The highest BCUT2D eigenvalue weighted by Gasteiger charge is 2.08. The number of halogens is 1. The van der Waals surface area contributed by atoms with Crippen molar-refractivity contribution in [2.24, 2.45) is 0 Å². The number of nitriles is 1. The molecule has 0 spiro atoms. The largest absolute Gasteiger partial charge is 0.345 e. The maximum absolute atomic E-state index is 11.7. The van der Waals surface area contributed by atoms with E-state index in [1.54, 1.807) is 23.7 Å². The van der Waals surface area contributed by atoms with Crippen LogP contribution in [0.5, 0.6) is 0 Å². The highest BCUT2D eigenvalue weighted by molar-refractivity contribution is 7.98. The lowest BCUT2D eigenvalue weighted by molar-refractivity contribution is -0.129. The van der Waals surface area contributed by atoms with Gasteiger partial charge in [0.25, 0.3) is 0 Å². The zero-order valence-electron chi connectivity index (χ0n) is 10.9. The molecule has 1 amide bonds. The van der Waals surface area contributed by atoms with E-state index in [0.29, 0.717) is 19.4 Å². The Hall–Kier alpha value is -1.18. The van der Waals surface area contributed by atoms with E-state index >= 15 is 0 Å². The van der Waals surface area contributed by atoms with Gasteiger partial charge in [0.2, 0.25) is 5.91 Å². The Morgan fingerprint density at radius 1 is 1.47 bits per heavy atom. The molecule has 0 N–H and O–H groups in total. The van der Waals surface area contributed by atoms with Crippen molar-refractivity contribution in [3.63, 3.8) is 0 Å². The number of carbonyl (C=O) groups is 1. The minimum atomic E-state index is 0.0851. The minimum Gasteiger partial charge on any atom is -0.345 e. The Kier molecular flexibility index (Phi) is 7.39. The summed E-state index contributed by atoms with van der Waals surface area (Å²) in [5.74, 6) is 1.66. The molecule has 1 aromatic carbocycles. The zero-order valence-corrected chi connectivity index (χ0v) is 12.5. The molecule has 19 heavy (non-hydrogen) atoms. The SMILES string of the molecule is CN(CCC#N)C(=O)CCSCc1ccccc1Cl. The highest BCUT2D eigenvalue weighted by atomic mass is 35.5. The van der Waals surface area contributed by atoms with E-state index in [9.17, 15) is 4.79 Å². The summed E-state index contributed by atoms with van der Waals surface area (Å²) in [6, 6.07) is 9.77. The maximum atomic E-state index is 11.7. The lowest BCUT2D eigenvalue weighted by atomic mass is 10.2. The lowest BCUT2D eigenvalue weighted by Gasteiger charge is -2.15. The molecule has 1 rings (SSSR count). The Bertz CT molecular complexity index is 459. The number of carbonyl (C=O) groups excluding carboxylic acids is 1. The fraction of sp³-hybridized carbons (Fsp3) is 0.429. The average molecular weight is 297 g/mol. The van der Waals surface area contributed by atoms with Crippen LogP contribution in [0.15, 0.2) is 24.3 Å². The molecule has 0 aliphatic rings. The van der Waals surface area contributed by atoms with Gasteiger partial charge < -0.3 is 4.90 Å². The van der Waals surface area contributed by atoms with Gasteiger partial charge in [0, 0.05) is 36.5 Å². The molecule has 0 bridgehead atoms. The fourth-order valence-corrected chi connectivity index (χ4v) is 2.71. The number of nitrogens with zero attached hydrogens (tertiary/aromatic N) is 2. The first kappa shape index (κ1) is 15.9. The van der Waals surface area contributed by atoms with E-state index in [0.717, 1.165) is 22.1 Å². The summed E-state index contributed by atoms with van der Waals surface area (Å²) in [6.45, 7) is 0.504. The van der Waals surface area contributed by atoms with Crippen LogP contribution in [0.25, 0.3) is 0 Å². The van der Waals surface area contributed by atoms with Crippen LogP contribution >= 0.6 is 23.4 Å². The van der Waals surface area contributed by atoms with Crippen molar-refractivity contribution in [2.75, 3.05) is 19.3 Å². The third-order valence-electron chi connectivity index (χ3n) is 2.66. The van der Waals surface area contributed by atoms with Crippen LogP contribution in [-0.2, 0) is 10.5 Å². The summed E-state index contributed by atoms with van der Waals surface area (Å²) < 4.78 is 0. The second-order valence-electron chi connectivity index (χ2n) is 4.12. The monoisotopic (exact) mass is 296 g/mol. The quantitative estimate of drug-likeness (QED) is 0.725. The first-order valence-electron chi connectivity index (χ1n) is 6.07. The molecule has 0 aliphatic carbocycles. The van der Waals surface area contributed by atoms with Gasteiger partial charge in [0.15, 0.2) is 0 Å². The minimum absolute atomic E-state index is 0.0851. The molecular weight excluding hydrogens is 280 g/mol. The second kappa shape index (κ2) is 8.84. The van der Waals surface area contributed by atoms with Crippen molar-refractivity contribution >= 4 is 29.3 Å². The van der Waals surface area contributed by atoms with E-state index in [4.69, 9.17) is 16.9 Å². The molecule has 0 saturated carbocycles. The summed E-state index contributed by atoms with van der Waals surface area (Å²) in [4.78, 5) is 13.3. The molecular formula is C14H17ClN2OS. The third kappa shape index (κ3) is 6.00. The van der Waals surface area contributed by atoms with E-state index in [-0.39, 0.29) is 5.91 Å². The molecule has 3 nitrogen and oxygen atoms in total. The van der Waals surface area contributed by atoms with Crippen molar-refractivity contribution in [3.8, 4) is 6.07 Å². The van der Waals surface area contributed by atoms with Crippen LogP contribution in [0.2, 0.25) is 5.02 Å². The van der Waals surface area contributed by atoms with Crippen LogP contribution in [0.1, 0.15) is 18.4 Å². The van der Waals surface area contributed by atoms with Gasteiger partial charge in [-0.1, -0.05) is 29.8 Å². The molecule has 0 saturated heterocycles. The molecule has 0 radical (unpaired) electrons. The van der Waals surface area contributed by atoms with Crippen LogP contribution in [-0.4, -0.2) is 30.2 Å². The lowest BCUT2D eigenvalue weighted by Crippen LogP contribution is -2.27. The van der Waals surface area contributed by atoms with Crippen molar-refractivity contribution in [1.82, 2.24) is 4.90 Å². The molecule has 1 aromatic rings. The summed E-state index contributed by atoms with van der Waals surface area (Å²) in [5, 5.41) is 9.23. The van der Waals surface area contributed by atoms with Gasteiger partial charge in [-0.05, 0) is 11.6 Å². The molecule has 5 heteroatoms. The predicted molar refractivity (Wildman–Crippen MR) is 80.1 cm³/mol. The molecule has 102 valence electrons. The van der Waals surface area contributed by atoms with E-state index in [1.807, 2.05) is 30.3 Å². The maximum Gasteiger partial charge on any atom is 0.223 e. The van der Waals surface area contributed by atoms with E-state index < -0.39 is 0 Å². The van der Waals surface area contributed by atoms with Gasteiger partial charge in [-0.2, -0.15) is 17.0 Å². The van der Waals surface area contributed by atoms with Crippen LogP contribution in [0.4, 0.5) is 0 Å². The first-order valence-corrected chi connectivity index (χ1v) is 7.60. The van der Waals surface area contributed by atoms with Gasteiger partial charge in [0.05, 0.1) is 12.5 Å². The van der Waals surface area contributed by atoms with E-state index in [1.165, 1.54) is 0 Å². The zero-order chi connectivity index (χ0) is 14.1. The van der Waals surface area contributed by atoms with Gasteiger partial charge >= 0.3 is 0 Å². The standard InChI is InChI=1S/C14H17ClN2OS/c1-17(9-4-8-16)14(18)7-10-19-11-12-5-2-3-6-13(12)15/h2-3,5-6H,4,7,9-11H2,1H3. The van der Waals surface area contributed by atoms with Crippen molar-refractivity contribution in [1.29, 1.82) is 5.26 Å². The fourth-order valence-electron chi connectivity index (χ4n) is 1.49. The number of amides is 1. The predicted octanol–water partition coefficient (Wildman–Crippen LogP) is 3.34. The van der Waals surface area contributed by atoms with Crippen molar-refractivity contribution in [3.05, 3.63) is 34.9 Å². The van der Waals surface area contributed by atoms with Gasteiger partial charge in [-0.15, -0.1) is 0 Å². The Morgan fingerprint density at radius 2 is 2.21 bits per heavy atom. The van der Waals surface area contributed by atoms with Gasteiger partial charge in [-0.3, -0.25) is 4.79 Å². The number of hydrogen-bond acceptors (Lipinski definition) is 3. The van der Waals surface area contributed by atoms with Crippen molar-refractivity contribution < 1.29 is 4.79 Å². The van der Waals surface area contributed by atoms with Crippen LogP contribution < -0.4 is 0 Å². The second-order valence-corrected chi connectivity index (χ2v) is 5.63. The summed E-state index contributed by atoms with van der Waals surface area (Å²) in [5.41, 5.74) is 1.10. The summed E-state index contributed by atoms with van der Waals surface area (Å²) in [6.07, 6.45) is 0.881. The summed E-state index contributed by atoms with van der Waals surface area (Å²) >= 11 is 7.75. The number of thioether (sulfide) groups is 1. The Balaban J connectivity index is 2.22. The average Bonchev–Trinajstić information content (AvgIpc) is 2.42. The first-order chi connectivity index (χ1) is 9.15. The number of benzene rings is 1. The van der Waals surface area contributed by atoms with E-state index in [2.05, 4.69) is 0 Å². The van der Waals surface area contributed by atoms with Gasteiger partial charge in [0.1, 0.15) is 0 Å². The Labute approximate surface area is 123 Å². The highest BCUT2D eigenvalue weighted by Crippen LogP contribution is 2.21. The molecule has 0 heterocycles. The van der Waals surface area contributed by atoms with Crippen LogP contribution in [0.3, 0.4) is 0 Å². The molecule has 0 fully saturated rings. The number of hydrogen-bond donors (Lipinski definition) is 0. The molecule has 0 atom stereocenters. The Morgan fingerprint density at radius 3 is 2.89 bits per heavy atom. The molecule has 0 aliphatic heterocycles. The van der Waals surface area contributed by atoms with Crippen LogP contribution in [0, 0.1) is 11.3 Å². The third-order valence-corrected chi connectivity index (χ3v) is 4.04.